The molecule has 23 heavy (non-hydrogen) atoms. The van der Waals surface area contributed by atoms with E-state index in [1.807, 2.05) is 0 Å². The SMILES string of the molecule is COc1ccc2c(c1)CC[C@@H]1[C@H]3CC=C(C(C)=O)[C@]3(C)CC[C@@H]21. The molecule has 1 aromatic rings. The Balaban J connectivity index is 1.67. The Morgan fingerprint density at radius 3 is 2.87 bits per heavy atom. The number of carbonyl (C=O) groups excluding carboxylic acids is 1. The third kappa shape index (κ3) is 2.10. The van der Waals surface area contributed by atoms with Crippen molar-refractivity contribution in [3.8, 4) is 5.75 Å². The largest absolute Gasteiger partial charge is 0.497 e. The highest BCUT2D eigenvalue weighted by molar-refractivity contribution is 5.95. The molecule has 2 nitrogen and oxygen atoms in total. The average molecular weight is 310 g/mol. The summed E-state index contributed by atoms with van der Waals surface area (Å²) in [4.78, 5) is 12.1. The van der Waals surface area contributed by atoms with Crippen molar-refractivity contribution >= 4 is 5.78 Å². The lowest BCUT2D eigenvalue weighted by Gasteiger charge is -2.50. The van der Waals surface area contributed by atoms with Crippen LogP contribution in [-0.4, -0.2) is 12.9 Å². The van der Waals surface area contributed by atoms with Crippen LogP contribution >= 0.6 is 0 Å². The second-order valence-electron chi connectivity index (χ2n) is 7.85. The van der Waals surface area contributed by atoms with Gasteiger partial charge in [0.25, 0.3) is 0 Å². The van der Waals surface area contributed by atoms with Gasteiger partial charge >= 0.3 is 0 Å². The minimum atomic E-state index is 0.122. The molecule has 0 N–H and O–H groups in total. The molecule has 1 saturated carbocycles. The highest BCUT2D eigenvalue weighted by Crippen LogP contribution is 2.61. The van der Waals surface area contributed by atoms with E-state index in [2.05, 4.69) is 31.2 Å². The number of allylic oxidation sites excluding steroid dienone is 2. The predicted molar refractivity (Wildman–Crippen MR) is 91.8 cm³/mol. The molecule has 4 rings (SSSR count). The highest BCUT2D eigenvalue weighted by atomic mass is 16.5. The monoisotopic (exact) mass is 310 g/mol. The van der Waals surface area contributed by atoms with Crippen LogP contribution in [0.3, 0.4) is 0 Å². The molecule has 0 aliphatic heterocycles. The summed E-state index contributed by atoms with van der Waals surface area (Å²) in [6, 6.07) is 6.64. The zero-order valence-electron chi connectivity index (χ0n) is 14.4. The number of benzene rings is 1. The maximum absolute atomic E-state index is 12.1. The number of methoxy groups -OCH3 is 1. The molecule has 2 heteroatoms. The van der Waals surface area contributed by atoms with Gasteiger partial charge < -0.3 is 4.74 Å². The van der Waals surface area contributed by atoms with Crippen molar-refractivity contribution in [1.82, 2.24) is 0 Å². The first-order valence-corrected chi connectivity index (χ1v) is 8.93. The summed E-state index contributed by atoms with van der Waals surface area (Å²) in [6.07, 6.45) is 8.11. The Morgan fingerprint density at radius 1 is 1.30 bits per heavy atom. The van der Waals surface area contributed by atoms with E-state index in [1.165, 1.54) is 18.4 Å². The summed E-state index contributed by atoms with van der Waals surface area (Å²) >= 11 is 0. The normalized spacial score (nSPS) is 34.9. The zero-order valence-corrected chi connectivity index (χ0v) is 14.4. The van der Waals surface area contributed by atoms with E-state index < -0.39 is 0 Å². The first kappa shape index (κ1) is 15.0. The Hall–Kier alpha value is -1.57. The average Bonchev–Trinajstić information content (AvgIpc) is 2.91. The van der Waals surface area contributed by atoms with Crippen molar-refractivity contribution in [2.24, 2.45) is 17.3 Å². The van der Waals surface area contributed by atoms with Gasteiger partial charge in [-0.3, -0.25) is 4.79 Å². The summed E-state index contributed by atoms with van der Waals surface area (Å²) in [5.41, 5.74) is 4.26. The molecule has 1 fully saturated rings. The Bertz CT molecular complexity index is 687. The van der Waals surface area contributed by atoms with Crippen molar-refractivity contribution in [2.75, 3.05) is 7.11 Å². The first-order chi connectivity index (χ1) is 11.0. The zero-order chi connectivity index (χ0) is 16.2. The topological polar surface area (TPSA) is 26.3 Å². The van der Waals surface area contributed by atoms with Crippen molar-refractivity contribution in [3.05, 3.63) is 41.0 Å². The van der Waals surface area contributed by atoms with Gasteiger partial charge in [0.05, 0.1) is 7.11 Å². The number of hydrogen-bond acceptors (Lipinski definition) is 2. The number of hydrogen-bond donors (Lipinski definition) is 0. The minimum absolute atomic E-state index is 0.122. The van der Waals surface area contributed by atoms with Crippen LogP contribution in [0.15, 0.2) is 29.8 Å². The summed E-state index contributed by atoms with van der Waals surface area (Å²) in [7, 11) is 1.74. The lowest BCUT2D eigenvalue weighted by Crippen LogP contribution is -2.42. The van der Waals surface area contributed by atoms with Crippen molar-refractivity contribution in [3.63, 3.8) is 0 Å². The van der Waals surface area contributed by atoms with Crippen LogP contribution in [0.1, 0.15) is 56.6 Å². The van der Waals surface area contributed by atoms with Crippen molar-refractivity contribution in [2.45, 2.75) is 51.9 Å². The Kier molecular flexibility index (Phi) is 3.40. The van der Waals surface area contributed by atoms with Gasteiger partial charge in [-0.1, -0.05) is 19.1 Å². The van der Waals surface area contributed by atoms with E-state index in [1.54, 1.807) is 19.6 Å². The molecule has 0 saturated heterocycles. The summed E-state index contributed by atoms with van der Waals surface area (Å²) in [5, 5.41) is 0. The van der Waals surface area contributed by atoms with Gasteiger partial charge in [-0.2, -0.15) is 0 Å². The molecule has 0 radical (unpaired) electrons. The molecule has 0 bridgehead atoms. The fraction of sp³-hybridized carbons (Fsp3) is 0.571. The van der Waals surface area contributed by atoms with Gasteiger partial charge in [-0.25, -0.2) is 0 Å². The number of rotatable bonds is 2. The first-order valence-electron chi connectivity index (χ1n) is 8.93. The number of carbonyl (C=O) groups is 1. The number of aryl methyl sites for hydroxylation is 1. The fourth-order valence-corrected chi connectivity index (χ4v) is 5.80. The van der Waals surface area contributed by atoms with Gasteiger partial charge in [0, 0.05) is 0 Å². The van der Waals surface area contributed by atoms with Gasteiger partial charge in [0.1, 0.15) is 5.75 Å². The van der Waals surface area contributed by atoms with Crippen molar-refractivity contribution in [1.29, 1.82) is 0 Å². The van der Waals surface area contributed by atoms with E-state index in [4.69, 9.17) is 4.74 Å². The maximum atomic E-state index is 12.1. The standard InChI is InChI=1S/C21H26O2/c1-13(22)19-8-9-20-18-6-4-14-12-15(23-3)5-7-16(14)17(18)10-11-21(19,20)2/h5,7-8,12,17-18,20H,4,6,9-11H2,1-3H3/t17-,18-,20+,21-/m0/s1. The molecular formula is C21H26O2. The molecule has 0 unspecified atom stereocenters. The lowest BCUT2D eigenvalue weighted by molar-refractivity contribution is -0.115. The summed E-state index contributed by atoms with van der Waals surface area (Å²) < 4.78 is 5.40. The maximum Gasteiger partial charge on any atom is 0.156 e. The molecule has 0 heterocycles. The van der Waals surface area contributed by atoms with Crippen LogP contribution in [0, 0.1) is 17.3 Å². The van der Waals surface area contributed by atoms with Gasteiger partial charge in [0.15, 0.2) is 5.78 Å². The third-order valence-electron chi connectivity index (χ3n) is 6.89. The van der Waals surface area contributed by atoms with Crippen LogP contribution in [-0.2, 0) is 11.2 Å². The fourth-order valence-electron chi connectivity index (χ4n) is 5.80. The van der Waals surface area contributed by atoms with E-state index in [0.29, 0.717) is 11.8 Å². The molecule has 1 aromatic carbocycles. The number of fused-ring (bicyclic) bond motifs is 5. The van der Waals surface area contributed by atoms with E-state index >= 15 is 0 Å². The number of Topliss-reactive ketones (excluding diaryl/α,β-unsaturated/α-hetero) is 1. The minimum Gasteiger partial charge on any atom is -0.497 e. The van der Waals surface area contributed by atoms with Gasteiger partial charge in [-0.15, -0.1) is 0 Å². The molecule has 122 valence electrons. The molecule has 3 aliphatic rings. The van der Waals surface area contributed by atoms with E-state index in [0.717, 1.165) is 36.5 Å². The quantitative estimate of drug-likeness (QED) is 0.793. The number of ether oxygens (including phenoxy) is 1. The molecule has 0 aromatic heterocycles. The number of ketones is 1. The second kappa shape index (κ2) is 5.22. The Morgan fingerprint density at radius 2 is 2.13 bits per heavy atom. The van der Waals surface area contributed by atoms with Crippen LogP contribution < -0.4 is 4.74 Å². The Labute approximate surface area is 138 Å². The molecule has 0 spiro atoms. The van der Waals surface area contributed by atoms with Crippen LogP contribution in [0.5, 0.6) is 5.75 Å². The van der Waals surface area contributed by atoms with E-state index in [9.17, 15) is 4.79 Å². The second-order valence-corrected chi connectivity index (χ2v) is 7.85. The van der Waals surface area contributed by atoms with Crippen LogP contribution in [0.4, 0.5) is 0 Å². The predicted octanol–water partition coefficient (Wildman–Crippen LogP) is 4.68. The van der Waals surface area contributed by atoms with Crippen LogP contribution in [0.25, 0.3) is 0 Å². The molecular weight excluding hydrogens is 284 g/mol. The van der Waals surface area contributed by atoms with Gasteiger partial charge in [0.2, 0.25) is 0 Å². The summed E-state index contributed by atoms with van der Waals surface area (Å²) in [5.74, 6) is 3.30. The smallest absolute Gasteiger partial charge is 0.156 e. The highest BCUT2D eigenvalue weighted by Gasteiger charge is 2.52. The lowest BCUT2D eigenvalue weighted by atomic mass is 9.54. The van der Waals surface area contributed by atoms with Gasteiger partial charge in [-0.05, 0) is 91.0 Å². The summed E-state index contributed by atoms with van der Waals surface area (Å²) in [6.45, 7) is 4.09. The van der Waals surface area contributed by atoms with Crippen molar-refractivity contribution < 1.29 is 9.53 Å². The molecule has 3 aliphatic carbocycles. The molecule has 4 atom stereocenters. The molecule has 0 amide bonds. The third-order valence-corrected chi connectivity index (χ3v) is 6.89. The van der Waals surface area contributed by atoms with E-state index in [-0.39, 0.29) is 11.2 Å². The van der Waals surface area contributed by atoms with Crippen LogP contribution in [0.2, 0.25) is 0 Å².